The average molecular weight is 589 g/mol. The van der Waals surface area contributed by atoms with E-state index < -0.39 is 6.10 Å². The van der Waals surface area contributed by atoms with E-state index in [0.29, 0.717) is 49.0 Å². The fourth-order valence-corrected chi connectivity index (χ4v) is 4.75. The first-order valence-corrected chi connectivity index (χ1v) is 13.5. The van der Waals surface area contributed by atoms with Crippen LogP contribution in [0.4, 0.5) is 11.5 Å². The van der Waals surface area contributed by atoms with E-state index in [9.17, 15) is 9.90 Å². The summed E-state index contributed by atoms with van der Waals surface area (Å²) in [5, 5.41) is 14.8. The zero-order chi connectivity index (χ0) is 26.9. The van der Waals surface area contributed by atoms with Crippen LogP contribution in [-0.4, -0.2) is 96.5 Å². The van der Waals surface area contributed by atoms with Crippen molar-refractivity contribution < 1.29 is 24.1 Å². The summed E-state index contributed by atoms with van der Waals surface area (Å²) in [6.07, 6.45) is 1.24. The first kappa shape index (κ1) is 28.0. The van der Waals surface area contributed by atoms with Gasteiger partial charge in [-0.15, -0.1) is 0 Å². The molecule has 0 bridgehead atoms. The van der Waals surface area contributed by atoms with Crippen LogP contribution in [0, 0.1) is 0 Å². The van der Waals surface area contributed by atoms with Gasteiger partial charge in [0.1, 0.15) is 24.9 Å². The van der Waals surface area contributed by atoms with Crippen molar-refractivity contribution in [2.24, 2.45) is 0 Å². The Hall–Kier alpha value is -2.99. The normalized spacial score (nSPS) is 15.3. The number of carbonyl (C=O) groups excluding carboxylic acids is 1. The number of nitrogens with zero attached hydrogens (tertiary/aromatic N) is 4. The molecule has 1 saturated heterocycles. The Morgan fingerprint density at radius 1 is 1.13 bits per heavy atom. The summed E-state index contributed by atoms with van der Waals surface area (Å²) in [7, 11) is 1.58. The number of piperazine rings is 1. The number of esters is 1. The fourth-order valence-electron chi connectivity index (χ4n) is 4.35. The van der Waals surface area contributed by atoms with Gasteiger partial charge in [0.25, 0.3) is 0 Å². The van der Waals surface area contributed by atoms with Crippen LogP contribution in [0.3, 0.4) is 0 Å². The molecule has 2 N–H and O–H groups in total. The van der Waals surface area contributed by atoms with Crippen molar-refractivity contribution in [3.05, 3.63) is 47.2 Å². The number of methoxy groups -OCH3 is 1. The predicted octanol–water partition coefficient (Wildman–Crippen LogP) is 3.46. The Kier molecular flexibility index (Phi) is 10.1. The number of aliphatic hydroxyl groups excluding tert-OH is 1. The van der Waals surface area contributed by atoms with Crippen molar-refractivity contribution in [2.75, 3.05) is 64.9 Å². The number of hydrogen-bond acceptors (Lipinski definition) is 10. The highest BCUT2D eigenvalue weighted by atomic mass is 79.9. The lowest BCUT2D eigenvalue weighted by Crippen LogP contribution is -2.49. The molecule has 2 aromatic carbocycles. The SMILES string of the molecule is CCOC(=O)CCN1CCN(CC(O)COc2cc3c(Nc4cccc(Br)c4)ncnc3cc2OC)CC1. The highest BCUT2D eigenvalue weighted by Gasteiger charge is 2.21. The van der Waals surface area contributed by atoms with Gasteiger partial charge in [0.15, 0.2) is 11.5 Å². The Morgan fingerprint density at radius 3 is 2.66 bits per heavy atom. The molecule has 2 heterocycles. The van der Waals surface area contributed by atoms with Crippen LogP contribution in [0.1, 0.15) is 13.3 Å². The van der Waals surface area contributed by atoms with Gasteiger partial charge in [-0.05, 0) is 31.2 Å². The molecule has 0 amide bonds. The number of aromatic nitrogens is 2. The highest BCUT2D eigenvalue weighted by Crippen LogP contribution is 2.35. The highest BCUT2D eigenvalue weighted by molar-refractivity contribution is 9.10. The summed E-state index contributed by atoms with van der Waals surface area (Å²) in [5.74, 6) is 1.53. The number of hydrogen-bond donors (Lipinski definition) is 2. The van der Waals surface area contributed by atoms with Gasteiger partial charge in [-0.3, -0.25) is 9.69 Å². The molecule has 11 heteroatoms. The molecule has 1 unspecified atom stereocenters. The minimum Gasteiger partial charge on any atom is -0.493 e. The molecular formula is C27H34BrN5O5. The smallest absolute Gasteiger partial charge is 0.307 e. The second-order valence-electron chi connectivity index (χ2n) is 9.04. The third kappa shape index (κ3) is 7.76. The van der Waals surface area contributed by atoms with E-state index in [1.165, 1.54) is 6.33 Å². The summed E-state index contributed by atoms with van der Waals surface area (Å²) >= 11 is 3.49. The van der Waals surface area contributed by atoms with Crippen molar-refractivity contribution in [1.29, 1.82) is 0 Å². The van der Waals surface area contributed by atoms with Gasteiger partial charge in [-0.2, -0.15) is 0 Å². The van der Waals surface area contributed by atoms with E-state index in [2.05, 4.69) is 41.0 Å². The van der Waals surface area contributed by atoms with Crippen LogP contribution < -0.4 is 14.8 Å². The largest absolute Gasteiger partial charge is 0.493 e. The molecule has 204 valence electrons. The van der Waals surface area contributed by atoms with Crippen LogP contribution in [0.5, 0.6) is 11.5 Å². The second kappa shape index (κ2) is 13.7. The monoisotopic (exact) mass is 587 g/mol. The van der Waals surface area contributed by atoms with E-state index in [1.807, 2.05) is 37.3 Å². The molecule has 3 aromatic rings. The third-order valence-corrected chi connectivity index (χ3v) is 6.80. The number of nitrogens with one attached hydrogen (secondary N) is 1. The number of β-amino-alcohol motifs (C(OH)–C–C–N with tert-alkyl or cyclic N) is 1. The van der Waals surface area contributed by atoms with Crippen molar-refractivity contribution in [2.45, 2.75) is 19.4 Å². The van der Waals surface area contributed by atoms with Gasteiger partial charge in [-0.25, -0.2) is 9.97 Å². The molecule has 1 aliphatic heterocycles. The van der Waals surface area contributed by atoms with Crippen LogP contribution >= 0.6 is 15.9 Å². The number of aliphatic hydroxyl groups is 1. The summed E-state index contributed by atoms with van der Waals surface area (Å²) < 4.78 is 17.5. The quantitative estimate of drug-likeness (QED) is 0.306. The zero-order valence-electron chi connectivity index (χ0n) is 21.7. The lowest BCUT2D eigenvalue weighted by atomic mass is 10.2. The number of carbonyl (C=O) groups is 1. The Labute approximate surface area is 231 Å². The van der Waals surface area contributed by atoms with Gasteiger partial charge in [0, 0.05) is 60.9 Å². The maximum absolute atomic E-state index is 11.6. The lowest BCUT2D eigenvalue weighted by molar-refractivity contribution is -0.143. The molecule has 1 aromatic heterocycles. The van der Waals surface area contributed by atoms with Crippen molar-refractivity contribution >= 4 is 44.3 Å². The second-order valence-corrected chi connectivity index (χ2v) is 9.96. The van der Waals surface area contributed by atoms with E-state index in [4.69, 9.17) is 14.2 Å². The van der Waals surface area contributed by atoms with Crippen molar-refractivity contribution in [3.63, 3.8) is 0 Å². The first-order chi connectivity index (χ1) is 18.4. The molecule has 10 nitrogen and oxygen atoms in total. The average Bonchev–Trinajstić information content (AvgIpc) is 2.91. The number of halogens is 1. The summed E-state index contributed by atoms with van der Waals surface area (Å²) in [4.78, 5) is 24.8. The molecule has 1 aliphatic rings. The lowest BCUT2D eigenvalue weighted by Gasteiger charge is -2.35. The van der Waals surface area contributed by atoms with Crippen LogP contribution in [-0.2, 0) is 9.53 Å². The van der Waals surface area contributed by atoms with Crippen molar-refractivity contribution in [1.82, 2.24) is 19.8 Å². The van der Waals surface area contributed by atoms with E-state index in [0.717, 1.165) is 41.7 Å². The minimum atomic E-state index is -0.673. The molecule has 1 atom stereocenters. The van der Waals surface area contributed by atoms with Crippen LogP contribution in [0.25, 0.3) is 10.9 Å². The Bertz CT molecular complexity index is 1220. The Morgan fingerprint density at radius 2 is 1.92 bits per heavy atom. The zero-order valence-corrected chi connectivity index (χ0v) is 23.3. The Balaban J connectivity index is 1.34. The molecule has 1 fully saturated rings. The van der Waals surface area contributed by atoms with Gasteiger partial charge >= 0.3 is 5.97 Å². The molecule has 4 rings (SSSR count). The van der Waals surface area contributed by atoms with Crippen LogP contribution in [0.15, 0.2) is 47.2 Å². The predicted molar refractivity (Wildman–Crippen MR) is 149 cm³/mol. The summed E-state index contributed by atoms with van der Waals surface area (Å²) in [5.41, 5.74) is 1.59. The standard InChI is InChI=1S/C27H34BrN5O5/c1-3-37-26(35)7-8-32-9-11-33(12-10-32)16-21(34)17-38-25-14-22-23(15-24(25)36-2)29-18-30-27(22)31-20-6-4-5-19(28)13-20/h4-6,13-15,18,21,34H,3,7-12,16-17H2,1-2H3,(H,29,30,31). The fraction of sp³-hybridized carbons (Fsp3) is 0.444. The molecule has 38 heavy (non-hydrogen) atoms. The maximum Gasteiger partial charge on any atom is 0.307 e. The van der Waals surface area contributed by atoms with E-state index >= 15 is 0 Å². The van der Waals surface area contributed by atoms with E-state index in [-0.39, 0.29) is 12.6 Å². The third-order valence-electron chi connectivity index (χ3n) is 6.31. The van der Waals surface area contributed by atoms with Gasteiger partial charge < -0.3 is 29.5 Å². The van der Waals surface area contributed by atoms with Gasteiger partial charge in [0.05, 0.1) is 25.7 Å². The van der Waals surface area contributed by atoms with Gasteiger partial charge in [-0.1, -0.05) is 22.0 Å². The molecule has 0 saturated carbocycles. The number of anilines is 2. The summed E-state index contributed by atoms with van der Waals surface area (Å²) in [6, 6.07) is 11.5. The number of fused-ring (bicyclic) bond motifs is 1. The number of rotatable bonds is 12. The van der Waals surface area contributed by atoms with Gasteiger partial charge in [0.2, 0.25) is 0 Å². The summed E-state index contributed by atoms with van der Waals surface area (Å²) in [6.45, 7) is 6.88. The molecule has 0 spiro atoms. The van der Waals surface area contributed by atoms with Crippen LogP contribution in [0.2, 0.25) is 0 Å². The molecular weight excluding hydrogens is 554 g/mol. The molecule has 0 aliphatic carbocycles. The first-order valence-electron chi connectivity index (χ1n) is 12.7. The molecule has 0 radical (unpaired) electrons. The number of ether oxygens (including phenoxy) is 3. The maximum atomic E-state index is 11.6. The topological polar surface area (TPSA) is 109 Å². The minimum absolute atomic E-state index is 0.118. The number of benzene rings is 2. The van der Waals surface area contributed by atoms with Crippen molar-refractivity contribution in [3.8, 4) is 11.5 Å². The van der Waals surface area contributed by atoms with E-state index in [1.54, 1.807) is 13.2 Å².